The molecule has 0 N–H and O–H groups in total. The average molecular weight is 382 g/mol. The van der Waals surface area contributed by atoms with E-state index in [1.54, 1.807) is 12.1 Å². The smallest absolute Gasteiger partial charge is 0.872 e. The summed E-state index contributed by atoms with van der Waals surface area (Å²) in [5.41, 5.74) is 3.39. The van der Waals surface area contributed by atoms with Gasteiger partial charge in [0.05, 0.1) is 12.3 Å². The van der Waals surface area contributed by atoms with E-state index in [4.69, 9.17) is 9.47 Å². The van der Waals surface area contributed by atoms with Crippen LogP contribution in [0.4, 0.5) is 0 Å². The Bertz CT molecular complexity index is 938. The van der Waals surface area contributed by atoms with E-state index in [0.29, 0.717) is 36.6 Å². The van der Waals surface area contributed by atoms with Gasteiger partial charge in [-0.3, -0.25) is 0 Å². The topological polar surface area (TPSA) is 78.2 Å². The van der Waals surface area contributed by atoms with Gasteiger partial charge in [-0.05, 0) is 18.6 Å². The minimum Gasteiger partial charge on any atom is -0.872 e. The molecule has 3 aromatic rings. The van der Waals surface area contributed by atoms with Crippen LogP contribution in [-0.4, -0.2) is 24.8 Å². The van der Waals surface area contributed by atoms with Crippen molar-refractivity contribution in [3.8, 4) is 40.1 Å². The zero-order chi connectivity index (χ0) is 19.1. The van der Waals surface area contributed by atoms with Crippen molar-refractivity contribution in [2.45, 2.75) is 6.92 Å². The molecule has 0 spiro atoms. The molecule has 1 aromatic heterocycles. The standard InChI is InChI=1S/C22H20N2O3.Na/c1-2-26-12-13-27-22-20(15-23)19(16-8-10-18(25)11-9-16)14-21(24-22)17-6-4-3-5-7-17;/h3-11,14,25H,2,12-13H2,1H3;/q;+1/p-1. The van der Waals surface area contributed by atoms with Crippen LogP contribution in [0.15, 0.2) is 60.7 Å². The molecule has 28 heavy (non-hydrogen) atoms. The summed E-state index contributed by atoms with van der Waals surface area (Å²) in [6, 6.07) is 20.1. The molecule has 5 nitrogen and oxygen atoms in total. The maximum absolute atomic E-state index is 11.4. The van der Waals surface area contributed by atoms with E-state index in [1.807, 2.05) is 43.3 Å². The van der Waals surface area contributed by atoms with Crippen molar-refractivity contribution in [2.75, 3.05) is 19.8 Å². The first-order chi connectivity index (χ1) is 13.2. The summed E-state index contributed by atoms with van der Waals surface area (Å²) < 4.78 is 11.1. The predicted octanol–water partition coefficient (Wildman–Crippen LogP) is 0.780. The van der Waals surface area contributed by atoms with Gasteiger partial charge in [-0.25, -0.2) is 4.98 Å². The van der Waals surface area contributed by atoms with E-state index in [1.165, 1.54) is 12.1 Å². The molecule has 0 saturated carbocycles. The third-order valence-electron chi connectivity index (χ3n) is 4.00. The Hall–Kier alpha value is -2.36. The van der Waals surface area contributed by atoms with Gasteiger partial charge in [0.15, 0.2) is 0 Å². The third kappa shape index (κ3) is 5.34. The van der Waals surface area contributed by atoms with Crippen LogP contribution < -0.4 is 39.4 Å². The number of hydrogen-bond donors (Lipinski definition) is 0. The largest absolute Gasteiger partial charge is 1.00 e. The Morgan fingerprint density at radius 3 is 2.36 bits per heavy atom. The number of aromatic nitrogens is 1. The van der Waals surface area contributed by atoms with E-state index >= 15 is 0 Å². The summed E-state index contributed by atoms with van der Waals surface area (Å²) in [4.78, 5) is 4.55. The molecule has 2 aromatic carbocycles. The molecule has 0 atom stereocenters. The zero-order valence-electron chi connectivity index (χ0n) is 16.0. The first-order valence-electron chi connectivity index (χ1n) is 8.71. The molecule has 6 heteroatoms. The third-order valence-corrected chi connectivity index (χ3v) is 4.00. The summed E-state index contributed by atoms with van der Waals surface area (Å²) in [6.07, 6.45) is 0. The number of hydrogen-bond acceptors (Lipinski definition) is 5. The maximum Gasteiger partial charge on any atom is 1.00 e. The van der Waals surface area contributed by atoms with Crippen molar-refractivity contribution >= 4 is 0 Å². The number of nitriles is 1. The van der Waals surface area contributed by atoms with Gasteiger partial charge in [-0.1, -0.05) is 54.6 Å². The summed E-state index contributed by atoms with van der Waals surface area (Å²) in [6.45, 7) is 3.22. The van der Waals surface area contributed by atoms with Gasteiger partial charge in [-0.15, -0.1) is 5.75 Å². The van der Waals surface area contributed by atoms with Crippen molar-refractivity contribution in [1.29, 1.82) is 5.26 Å². The molecule has 0 saturated heterocycles. The fraction of sp³-hybridized carbons (Fsp3) is 0.182. The van der Waals surface area contributed by atoms with Crippen LogP contribution in [0.1, 0.15) is 12.5 Å². The quantitative estimate of drug-likeness (QED) is 0.446. The second-order valence-corrected chi connectivity index (χ2v) is 5.78. The van der Waals surface area contributed by atoms with Gasteiger partial charge in [0.25, 0.3) is 0 Å². The Balaban J connectivity index is 0.00000280. The molecular formula is C22H19N2NaO3. The zero-order valence-corrected chi connectivity index (χ0v) is 18.0. The van der Waals surface area contributed by atoms with Crippen molar-refractivity contribution < 1.29 is 44.1 Å². The Kier molecular flexibility index (Phi) is 8.49. The molecule has 0 unspecified atom stereocenters. The van der Waals surface area contributed by atoms with E-state index in [0.717, 1.165) is 11.1 Å². The molecule has 0 bridgehead atoms. The van der Waals surface area contributed by atoms with Gasteiger partial charge in [0.1, 0.15) is 18.2 Å². The Morgan fingerprint density at radius 1 is 1.00 bits per heavy atom. The number of benzene rings is 2. The van der Waals surface area contributed by atoms with Crippen LogP contribution in [0.2, 0.25) is 0 Å². The summed E-state index contributed by atoms with van der Waals surface area (Å²) >= 11 is 0. The second-order valence-electron chi connectivity index (χ2n) is 5.78. The minimum atomic E-state index is -0.0808. The SMILES string of the molecule is CCOCCOc1nc(-c2ccccc2)cc(-c2ccc([O-])cc2)c1C#N.[Na+]. The summed E-state index contributed by atoms with van der Waals surface area (Å²) in [7, 11) is 0. The van der Waals surface area contributed by atoms with Crippen LogP contribution >= 0.6 is 0 Å². The Labute approximate surface area is 186 Å². The van der Waals surface area contributed by atoms with Gasteiger partial charge < -0.3 is 14.6 Å². The monoisotopic (exact) mass is 382 g/mol. The fourth-order valence-electron chi connectivity index (χ4n) is 2.69. The molecule has 0 radical (unpaired) electrons. The normalized spacial score (nSPS) is 10.0. The van der Waals surface area contributed by atoms with Gasteiger partial charge >= 0.3 is 29.6 Å². The number of pyridine rings is 1. The second kappa shape index (κ2) is 10.8. The number of ether oxygens (including phenoxy) is 2. The van der Waals surface area contributed by atoms with Gasteiger partial charge in [0.2, 0.25) is 5.88 Å². The van der Waals surface area contributed by atoms with Gasteiger partial charge in [-0.2, -0.15) is 5.26 Å². The number of rotatable bonds is 7. The average Bonchev–Trinajstić information content (AvgIpc) is 2.72. The van der Waals surface area contributed by atoms with Crippen LogP contribution in [0.5, 0.6) is 11.6 Å². The summed E-state index contributed by atoms with van der Waals surface area (Å²) in [5.74, 6) is 0.183. The van der Waals surface area contributed by atoms with Crippen LogP contribution in [-0.2, 0) is 4.74 Å². The molecule has 0 amide bonds. The van der Waals surface area contributed by atoms with E-state index < -0.39 is 0 Å². The molecular weight excluding hydrogens is 363 g/mol. The summed E-state index contributed by atoms with van der Waals surface area (Å²) in [5, 5.41) is 21.2. The fourth-order valence-corrected chi connectivity index (χ4v) is 2.69. The van der Waals surface area contributed by atoms with Crippen molar-refractivity contribution in [3.63, 3.8) is 0 Å². The van der Waals surface area contributed by atoms with Crippen molar-refractivity contribution in [2.24, 2.45) is 0 Å². The number of nitrogens with zero attached hydrogens (tertiary/aromatic N) is 2. The molecule has 0 fully saturated rings. The van der Waals surface area contributed by atoms with E-state index in [-0.39, 0.29) is 41.2 Å². The van der Waals surface area contributed by atoms with Crippen LogP contribution in [0, 0.1) is 11.3 Å². The molecule has 3 rings (SSSR count). The molecule has 136 valence electrons. The maximum atomic E-state index is 11.4. The minimum absolute atomic E-state index is 0. The van der Waals surface area contributed by atoms with Crippen molar-refractivity contribution in [1.82, 2.24) is 4.98 Å². The van der Waals surface area contributed by atoms with E-state index in [9.17, 15) is 10.4 Å². The van der Waals surface area contributed by atoms with Crippen LogP contribution in [0.25, 0.3) is 22.4 Å². The molecule has 0 aliphatic rings. The van der Waals surface area contributed by atoms with E-state index in [2.05, 4.69) is 11.1 Å². The molecule has 1 heterocycles. The van der Waals surface area contributed by atoms with Crippen molar-refractivity contribution in [3.05, 3.63) is 66.2 Å². The predicted molar refractivity (Wildman–Crippen MR) is 101 cm³/mol. The van der Waals surface area contributed by atoms with Crippen LogP contribution in [0.3, 0.4) is 0 Å². The first kappa shape index (κ1) is 21.9. The Morgan fingerprint density at radius 2 is 1.71 bits per heavy atom. The first-order valence-corrected chi connectivity index (χ1v) is 8.71. The molecule has 0 aliphatic carbocycles. The van der Waals surface area contributed by atoms with Gasteiger partial charge in [0, 0.05) is 17.7 Å². The molecule has 0 aliphatic heterocycles.